The monoisotopic (exact) mass is 1330 g/mol. The van der Waals surface area contributed by atoms with Gasteiger partial charge in [-0.3, -0.25) is 8.42 Å². The van der Waals surface area contributed by atoms with Crippen molar-refractivity contribution in [1.82, 2.24) is 9.80 Å². The highest BCUT2D eigenvalue weighted by Gasteiger charge is 2.60. The zero-order chi connectivity index (χ0) is 63.7. The summed E-state index contributed by atoms with van der Waals surface area (Å²) in [6.07, 6.45) is -4.68. The molecule has 504 valence electrons. The largest absolute Gasteiger partial charge is 0.514 e. The van der Waals surface area contributed by atoms with Crippen molar-refractivity contribution < 1.29 is 91.1 Å². The molecule has 2 heterocycles. The lowest BCUT2D eigenvalue weighted by atomic mass is 9.52. The first kappa shape index (κ1) is 71.6. The van der Waals surface area contributed by atoms with Crippen LogP contribution in [0, 0.1) is 46.3 Å². The number of alkyl halides is 10. The lowest BCUT2D eigenvalue weighted by molar-refractivity contribution is -0.284. The summed E-state index contributed by atoms with van der Waals surface area (Å²) in [4.78, 5) is 29.2. The Kier molecular flexibility index (Phi) is 23.4. The minimum Gasteiger partial charge on any atom is -0.429 e. The van der Waals surface area contributed by atoms with Crippen LogP contribution in [0.4, 0.5) is 53.5 Å². The van der Waals surface area contributed by atoms with Crippen molar-refractivity contribution in [2.75, 3.05) is 63.3 Å². The number of nitrogens with zero attached hydrogens (tertiary/aromatic N) is 2. The van der Waals surface area contributed by atoms with Crippen LogP contribution in [-0.4, -0.2) is 153 Å². The van der Waals surface area contributed by atoms with Gasteiger partial charge in [0.15, 0.2) is 0 Å². The molecule has 10 rings (SSSR count). The van der Waals surface area contributed by atoms with Gasteiger partial charge in [-0.2, -0.15) is 43.9 Å². The summed E-state index contributed by atoms with van der Waals surface area (Å²) in [6.45, 7) is 7.44. The Labute approximate surface area is 527 Å². The summed E-state index contributed by atoms with van der Waals surface area (Å²) >= 11 is 0. The Bertz CT molecular complexity index is 2620. The van der Waals surface area contributed by atoms with Crippen molar-refractivity contribution in [2.24, 2.45) is 46.3 Å². The van der Waals surface area contributed by atoms with Gasteiger partial charge in [-0.1, -0.05) is 26.0 Å². The van der Waals surface area contributed by atoms with E-state index in [2.05, 4.69) is 35.8 Å². The molecule has 0 amide bonds. The van der Waals surface area contributed by atoms with Crippen molar-refractivity contribution in [3.8, 4) is 11.5 Å². The number of likely N-dealkylation sites (N-methyl/N-ethyl adjacent to an activating group) is 2. The van der Waals surface area contributed by atoms with E-state index in [0.29, 0.717) is 61.1 Å². The summed E-state index contributed by atoms with van der Waals surface area (Å²) in [5.41, 5.74) is 4.35. The number of carbonyl (C=O) groups is 2. The highest BCUT2D eigenvalue weighted by atomic mass is 35.5. The Morgan fingerprint density at radius 2 is 0.933 bits per heavy atom. The van der Waals surface area contributed by atoms with Crippen LogP contribution in [0.1, 0.15) is 164 Å². The number of halogens is 11. The van der Waals surface area contributed by atoms with E-state index in [4.69, 9.17) is 18.9 Å². The van der Waals surface area contributed by atoms with Crippen LogP contribution in [0.3, 0.4) is 0 Å². The van der Waals surface area contributed by atoms with Crippen molar-refractivity contribution in [3.05, 3.63) is 58.7 Å². The minimum atomic E-state index is -5.59. The van der Waals surface area contributed by atoms with Crippen molar-refractivity contribution in [2.45, 2.75) is 203 Å². The van der Waals surface area contributed by atoms with E-state index < -0.39 is 83.8 Å². The summed E-state index contributed by atoms with van der Waals surface area (Å²) in [5, 5.41) is 21.8. The fourth-order valence-electron chi connectivity index (χ4n) is 17.1. The van der Waals surface area contributed by atoms with E-state index in [1.54, 1.807) is 0 Å². The van der Waals surface area contributed by atoms with E-state index in [9.17, 15) is 72.1 Å². The maximum absolute atomic E-state index is 13.2. The molecule has 6 fully saturated rings. The molecule has 16 atom stereocenters. The van der Waals surface area contributed by atoms with Gasteiger partial charge in [-0.05, 0) is 234 Å². The van der Waals surface area contributed by atoms with Gasteiger partial charge in [0.25, 0.3) is 0 Å². The third-order valence-electron chi connectivity index (χ3n) is 21.7. The molecule has 89 heavy (non-hydrogen) atoms. The van der Waals surface area contributed by atoms with Crippen molar-refractivity contribution >= 4 is 46.3 Å². The molecule has 0 radical (unpaired) electrons. The number of likely N-dealkylation sites (tertiary alicyclic amines) is 2. The van der Waals surface area contributed by atoms with E-state index in [0.717, 1.165) is 114 Å². The van der Waals surface area contributed by atoms with Gasteiger partial charge >= 0.3 is 36.5 Å². The molecule has 4 saturated carbocycles. The van der Waals surface area contributed by atoms with E-state index >= 15 is 0 Å². The van der Waals surface area contributed by atoms with Gasteiger partial charge in [0.05, 0.1) is 12.2 Å². The number of hydrogen-bond donors (Lipinski definition) is 2. The minimum absolute atomic E-state index is 0. The lowest BCUT2D eigenvalue weighted by Crippen LogP contribution is -2.47. The van der Waals surface area contributed by atoms with Gasteiger partial charge in [0, 0.05) is 83.6 Å². The number of carbonyl (C=O) groups excluding carboxylic acids is 2. The van der Waals surface area contributed by atoms with Crippen molar-refractivity contribution in [3.63, 3.8) is 0 Å². The molecule has 25 heteroatoms. The summed E-state index contributed by atoms with van der Waals surface area (Å²) in [6, 6.07) is 11.6. The van der Waals surface area contributed by atoms with Crippen LogP contribution < -0.4 is 9.47 Å². The predicted molar refractivity (Wildman–Crippen MR) is 320 cm³/mol. The van der Waals surface area contributed by atoms with Crippen molar-refractivity contribution in [1.29, 1.82) is 0 Å². The predicted octanol–water partition coefficient (Wildman–Crippen LogP) is 14.1. The standard InChI is InChI=1S/2C32H44F5NO5S.ClH/c2*1-30-13-10-25-24-7-6-22(42-29(40)43-23-11-14-38(2)19-23)18-21(24)17-20(28(25)26(30)8-9-27(30)39)5-3-15-44(41)16-4-12-31(33,34)32(35,36)37;/h2*6-7,18,20,23,25-28,39H,3-5,8-17,19H2,1-2H3;1H/t2*20-,23?,25-,26+,27+,28-,30+,44?;/m11./s1. The molecule has 0 bridgehead atoms. The maximum atomic E-state index is 13.2. The quantitative estimate of drug-likeness (QED) is 0.0737. The Morgan fingerprint density at radius 1 is 0.562 bits per heavy atom. The molecule has 2 N–H and O–H groups in total. The fraction of sp³-hybridized carbons (Fsp3) is 0.781. The number of aliphatic hydroxyl groups excluding tert-OH is 2. The molecule has 4 unspecified atom stereocenters. The summed E-state index contributed by atoms with van der Waals surface area (Å²) in [7, 11) is 0.963. The normalized spacial score (nSPS) is 32.5. The zero-order valence-corrected chi connectivity index (χ0v) is 53.7. The molecular formula is C64H89ClF10N2O10S2. The first-order valence-electron chi connectivity index (χ1n) is 31.7. The lowest BCUT2D eigenvalue weighted by Gasteiger charge is -2.53. The van der Waals surface area contributed by atoms with Crippen LogP contribution in [0.2, 0.25) is 0 Å². The Hall–Kier alpha value is -3.29. The number of ether oxygens (including phenoxy) is 4. The SMILES string of the molecule is CN1CCC(OC(=O)Oc2ccc3c(c2)C[C@@H](CCCS(=O)CCCC(F)(F)C(F)(F)F)[C@@H]2[C@@H]3CC[C@]3(C)[C@@H](O)CC[C@@H]23)C1.CN1CCC(OC(=O)Oc2ccc3c(c2)C[C@@H](CCCS(=O)CCCC(F)(F)C(F)(F)F)[C@@H]2[C@@H]3CC[C@]3(C)[C@@H](O)CC[C@@H]23)C1.Cl. The number of benzene rings is 2. The topological polar surface area (TPSA) is 152 Å². The number of aliphatic hydroxyl groups is 2. The average molecular weight is 1340 g/mol. The number of fused-ring (bicyclic) bond motifs is 10. The van der Waals surface area contributed by atoms with Crippen LogP contribution in [0.25, 0.3) is 0 Å². The second kappa shape index (κ2) is 29.1. The molecule has 2 saturated heterocycles. The highest BCUT2D eigenvalue weighted by molar-refractivity contribution is 7.85. The second-order valence-corrected chi connectivity index (χ2v) is 30.8. The molecule has 2 aliphatic heterocycles. The summed E-state index contributed by atoms with van der Waals surface area (Å²) < 4.78 is 175. The Morgan fingerprint density at radius 3 is 1.28 bits per heavy atom. The van der Waals surface area contributed by atoms with E-state index in [1.807, 2.05) is 38.4 Å². The summed E-state index contributed by atoms with van der Waals surface area (Å²) in [5.74, 6) is -6.31. The van der Waals surface area contributed by atoms with E-state index in [-0.39, 0.29) is 94.3 Å². The van der Waals surface area contributed by atoms with Gasteiger partial charge in [-0.25, -0.2) is 9.59 Å². The number of rotatable bonds is 20. The molecule has 6 aliphatic carbocycles. The second-order valence-electron chi connectivity index (χ2n) is 27.4. The third kappa shape index (κ3) is 16.6. The van der Waals surface area contributed by atoms with Crippen LogP contribution in [-0.2, 0) is 43.9 Å². The van der Waals surface area contributed by atoms with Gasteiger partial charge < -0.3 is 39.0 Å². The molecular weight excluding hydrogens is 1250 g/mol. The molecule has 2 aromatic rings. The van der Waals surface area contributed by atoms with Gasteiger partial charge in [0.1, 0.15) is 23.7 Å². The molecule has 8 aliphatic rings. The van der Waals surface area contributed by atoms with Crippen LogP contribution in [0.5, 0.6) is 11.5 Å². The fourth-order valence-corrected chi connectivity index (χ4v) is 19.4. The first-order valence-corrected chi connectivity index (χ1v) is 34.7. The molecule has 0 aromatic heterocycles. The zero-order valence-electron chi connectivity index (χ0n) is 51.3. The molecule has 2 aromatic carbocycles. The molecule has 0 spiro atoms. The molecule has 12 nitrogen and oxygen atoms in total. The van der Waals surface area contributed by atoms with E-state index in [1.165, 1.54) is 11.1 Å². The Balaban J connectivity index is 0.000000228. The number of hydrogen-bond acceptors (Lipinski definition) is 12. The van der Waals surface area contributed by atoms with Crippen LogP contribution in [0.15, 0.2) is 36.4 Å². The first-order chi connectivity index (χ1) is 41.4. The maximum Gasteiger partial charge on any atom is 0.514 e. The van der Waals surface area contributed by atoms with Crippen LogP contribution >= 0.6 is 12.4 Å². The van der Waals surface area contributed by atoms with Gasteiger partial charge in [0.2, 0.25) is 0 Å². The third-order valence-corrected chi connectivity index (χ3v) is 24.7. The smallest absolute Gasteiger partial charge is 0.429 e. The average Bonchev–Trinajstić information content (AvgIpc) is 1.79. The highest BCUT2D eigenvalue weighted by Crippen LogP contribution is 2.64. The van der Waals surface area contributed by atoms with Gasteiger partial charge in [-0.15, -0.1) is 12.4 Å².